The van der Waals surface area contributed by atoms with Crippen molar-refractivity contribution in [2.24, 2.45) is 4.99 Å². The Bertz CT molecular complexity index is 2700. The third-order valence-corrected chi connectivity index (χ3v) is 11.0. The highest BCUT2D eigenvalue weighted by molar-refractivity contribution is 7.22. The number of fused-ring (bicyclic) bond motifs is 8. The van der Waals surface area contributed by atoms with Gasteiger partial charge in [0, 0.05) is 15.6 Å². The molecule has 0 spiro atoms. The van der Waals surface area contributed by atoms with Gasteiger partial charge in [0.05, 0.1) is 27.7 Å². The molecule has 0 saturated heterocycles. The second-order valence-electron chi connectivity index (χ2n) is 12.8. The summed E-state index contributed by atoms with van der Waals surface area (Å²) in [6.45, 7) is 0. The van der Waals surface area contributed by atoms with E-state index in [-0.39, 0.29) is 6.17 Å². The molecule has 0 amide bonds. The molecule has 0 radical (unpaired) electrons. The van der Waals surface area contributed by atoms with Crippen molar-refractivity contribution in [2.75, 3.05) is 10.2 Å². The molecule has 7 aromatic carbocycles. The number of aliphatic imine (C=N–C) groups is 1. The highest BCUT2D eigenvalue weighted by Gasteiger charge is 2.35. The van der Waals surface area contributed by atoms with Gasteiger partial charge in [-0.15, -0.1) is 11.3 Å². The highest BCUT2D eigenvalue weighted by Crippen LogP contribution is 2.61. The summed E-state index contributed by atoms with van der Waals surface area (Å²) in [6, 6.07) is 53.0. The summed E-state index contributed by atoms with van der Waals surface area (Å²) in [5, 5.41) is 7.31. The van der Waals surface area contributed by atoms with E-state index < -0.39 is 0 Å². The standard InChI is InChI=1S/C44H27N3O2S/c1-2-10-27(11-3-1)40-43-41(32-14-6-9-17-39(32)50-43)46-44(45-40)28-20-18-26(19-21-28)31-24-37-42-38(25-31)49-36-23-30-13-5-4-12-29(30)22-34(36)47(42)33-15-7-8-16-35(33)48-37/h1-25,44,46H. The lowest BCUT2D eigenvalue weighted by Crippen LogP contribution is -2.20. The number of nitrogens with zero attached hydrogens (tertiary/aromatic N) is 2. The number of hydrogen-bond donors (Lipinski definition) is 1. The van der Waals surface area contributed by atoms with E-state index in [1.54, 1.807) is 11.3 Å². The number of rotatable bonds is 3. The van der Waals surface area contributed by atoms with E-state index >= 15 is 0 Å². The van der Waals surface area contributed by atoms with Gasteiger partial charge in [-0.1, -0.05) is 109 Å². The number of nitrogens with one attached hydrogen (secondary N) is 1. The van der Waals surface area contributed by atoms with Crippen LogP contribution in [0.1, 0.15) is 22.2 Å². The van der Waals surface area contributed by atoms with Crippen LogP contribution >= 0.6 is 11.3 Å². The molecule has 1 aromatic heterocycles. The zero-order chi connectivity index (χ0) is 32.8. The molecule has 3 aliphatic heterocycles. The van der Waals surface area contributed by atoms with E-state index in [9.17, 15) is 0 Å². The Kier molecular flexibility index (Phi) is 5.82. The number of para-hydroxylation sites is 2. The first-order valence-corrected chi connectivity index (χ1v) is 17.5. The fraction of sp³-hybridized carbons (Fsp3) is 0.0227. The molecule has 3 aliphatic rings. The van der Waals surface area contributed by atoms with Crippen molar-refractivity contribution < 1.29 is 9.47 Å². The minimum absolute atomic E-state index is 0.225. The monoisotopic (exact) mass is 661 g/mol. The lowest BCUT2D eigenvalue weighted by Gasteiger charge is -2.38. The lowest BCUT2D eigenvalue weighted by atomic mass is 9.98. The van der Waals surface area contributed by atoms with Crippen molar-refractivity contribution in [3.8, 4) is 34.1 Å². The summed E-state index contributed by atoms with van der Waals surface area (Å²) in [6.07, 6.45) is -0.225. The molecule has 1 unspecified atom stereocenters. The van der Waals surface area contributed by atoms with Crippen LogP contribution in [-0.2, 0) is 0 Å². The summed E-state index contributed by atoms with van der Waals surface area (Å²) in [7, 11) is 0. The highest BCUT2D eigenvalue weighted by atomic mass is 32.1. The van der Waals surface area contributed by atoms with Crippen LogP contribution in [0.4, 0.5) is 22.7 Å². The fourth-order valence-corrected chi connectivity index (χ4v) is 8.64. The Hall–Kier alpha value is -6.37. The maximum Gasteiger partial charge on any atom is 0.156 e. The molecular weight excluding hydrogens is 635 g/mol. The lowest BCUT2D eigenvalue weighted by molar-refractivity contribution is 0.446. The molecule has 5 nitrogen and oxygen atoms in total. The van der Waals surface area contributed by atoms with E-state index in [1.807, 2.05) is 12.1 Å². The quantitative estimate of drug-likeness (QED) is 0.205. The predicted octanol–water partition coefficient (Wildman–Crippen LogP) is 12.4. The third kappa shape index (κ3) is 4.15. The summed E-state index contributed by atoms with van der Waals surface area (Å²) in [5.74, 6) is 3.17. The fourth-order valence-electron chi connectivity index (χ4n) is 7.45. The van der Waals surface area contributed by atoms with E-state index in [2.05, 4.69) is 150 Å². The van der Waals surface area contributed by atoms with Crippen LogP contribution in [0.15, 0.2) is 157 Å². The first kappa shape index (κ1) is 27.6. The van der Waals surface area contributed by atoms with Gasteiger partial charge in [0.1, 0.15) is 11.9 Å². The Labute approximate surface area is 292 Å². The molecule has 4 heterocycles. The first-order chi connectivity index (χ1) is 24.7. The van der Waals surface area contributed by atoms with Crippen molar-refractivity contribution in [3.63, 3.8) is 0 Å². The van der Waals surface area contributed by atoms with Gasteiger partial charge in [-0.25, -0.2) is 0 Å². The molecule has 0 aliphatic carbocycles. The van der Waals surface area contributed by atoms with E-state index in [4.69, 9.17) is 14.5 Å². The molecule has 236 valence electrons. The molecule has 1 N–H and O–H groups in total. The van der Waals surface area contributed by atoms with E-state index in [1.165, 1.54) is 15.0 Å². The smallest absolute Gasteiger partial charge is 0.156 e. The van der Waals surface area contributed by atoms with Gasteiger partial charge in [-0.2, -0.15) is 0 Å². The number of anilines is 4. The molecule has 0 fully saturated rings. The molecule has 1 atom stereocenters. The van der Waals surface area contributed by atoms with Gasteiger partial charge in [-0.3, -0.25) is 9.89 Å². The third-order valence-electron chi connectivity index (χ3n) is 9.83. The molecule has 0 bridgehead atoms. The largest absolute Gasteiger partial charge is 0.453 e. The molecule has 8 aromatic rings. The van der Waals surface area contributed by atoms with E-state index in [0.29, 0.717) is 0 Å². The number of ether oxygens (including phenoxy) is 2. The average Bonchev–Trinajstić information content (AvgIpc) is 3.55. The molecule has 50 heavy (non-hydrogen) atoms. The Balaban J connectivity index is 0.998. The summed E-state index contributed by atoms with van der Waals surface area (Å²) < 4.78 is 14.5. The number of thiophene rings is 1. The minimum Gasteiger partial charge on any atom is -0.453 e. The van der Waals surface area contributed by atoms with Crippen LogP contribution in [0.2, 0.25) is 0 Å². The molecule has 11 rings (SSSR count). The van der Waals surface area contributed by atoms with Crippen LogP contribution in [0.5, 0.6) is 23.0 Å². The van der Waals surface area contributed by atoms with Gasteiger partial charge in [0.2, 0.25) is 0 Å². The Morgan fingerprint density at radius 3 is 2.10 bits per heavy atom. The van der Waals surface area contributed by atoms with Gasteiger partial charge in [-0.05, 0) is 69.9 Å². The number of hydrogen-bond acceptors (Lipinski definition) is 6. The van der Waals surface area contributed by atoms with Gasteiger partial charge in [0.25, 0.3) is 0 Å². The normalized spacial score (nSPS) is 15.2. The van der Waals surface area contributed by atoms with Crippen LogP contribution in [0, 0.1) is 0 Å². The Morgan fingerprint density at radius 2 is 1.26 bits per heavy atom. The zero-order valence-corrected chi connectivity index (χ0v) is 27.4. The van der Waals surface area contributed by atoms with E-state index in [0.717, 1.165) is 84.5 Å². The van der Waals surface area contributed by atoms with Crippen LogP contribution in [-0.4, -0.2) is 5.71 Å². The van der Waals surface area contributed by atoms with Gasteiger partial charge < -0.3 is 14.8 Å². The summed E-state index contributed by atoms with van der Waals surface area (Å²) in [4.78, 5) is 8.76. The Morgan fingerprint density at radius 1 is 0.560 bits per heavy atom. The van der Waals surface area contributed by atoms with Gasteiger partial charge in [0.15, 0.2) is 23.0 Å². The SMILES string of the molecule is c1ccc(C2=NC(c3ccc(-c4cc5c6c(c4)Oc4cc7ccccc7cc4N6c4ccccc4O5)cc3)Nc3c2sc2ccccc32)cc1. The van der Waals surface area contributed by atoms with Crippen LogP contribution < -0.4 is 19.7 Å². The van der Waals surface area contributed by atoms with Crippen LogP contribution in [0.25, 0.3) is 32.0 Å². The second-order valence-corrected chi connectivity index (χ2v) is 13.9. The van der Waals surface area contributed by atoms with Crippen molar-refractivity contribution in [3.05, 3.63) is 168 Å². The maximum atomic E-state index is 6.69. The second kappa shape index (κ2) is 10.6. The van der Waals surface area contributed by atoms with Crippen molar-refractivity contribution in [2.45, 2.75) is 6.17 Å². The zero-order valence-electron chi connectivity index (χ0n) is 26.6. The minimum atomic E-state index is -0.225. The van der Waals surface area contributed by atoms with Crippen molar-refractivity contribution in [1.82, 2.24) is 0 Å². The molecule has 0 saturated carbocycles. The topological polar surface area (TPSA) is 46.1 Å². The van der Waals surface area contributed by atoms with Crippen molar-refractivity contribution >= 4 is 60.7 Å². The average molecular weight is 662 g/mol. The first-order valence-electron chi connectivity index (χ1n) is 16.7. The summed E-state index contributed by atoms with van der Waals surface area (Å²) in [5.41, 5.74) is 9.39. The molecule has 6 heteroatoms. The predicted molar refractivity (Wildman–Crippen MR) is 204 cm³/mol. The van der Waals surface area contributed by atoms with Crippen molar-refractivity contribution in [1.29, 1.82) is 0 Å². The van der Waals surface area contributed by atoms with Gasteiger partial charge >= 0.3 is 0 Å². The maximum absolute atomic E-state index is 6.69. The molecular formula is C44H27N3O2S. The summed E-state index contributed by atoms with van der Waals surface area (Å²) >= 11 is 1.79. The van der Waals surface area contributed by atoms with Crippen LogP contribution in [0.3, 0.4) is 0 Å². The number of benzene rings is 7.